The van der Waals surface area contributed by atoms with Crippen molar-refractivity contribution in [2.24, 2.45) is 0 Å². The molecule has 2 aromatic rings. The first-order valence-corrected chi connectivity index (χ1v) is 5.72. The number of hydrogen-bond donors (Lipinski definition) is 0. The Hall–Kier alpha value is -2.79. The van der Waals surface area contributed by atoms with Gasteiger partial charge in [-0.15, -0.1) is 0 Å². The van der Waals surface area contributed by atoms with Crippen LogP contribution in [0.3, 0.4) is 0 Å². The van der Waals surface area contributed by atoms with Crippen molar-refractivity contribution < 1.29 is 14.5 Å². The summed E-state index contributed by atoms with van der Waals surface area (Å²) in [6.45, 7) is 4.13. The van der Waals surface area contributed by atoms with Crippen molar-refractivity contribution in [3.05, 3.63) is 57.3 Å². The van der Waals surface area contributed by atoms with E-state index in [1.807, 2.05) is 37.3 Å². The molecule has 0 unspecified atom stereocenters. The van der Waals surface area contributed by atoms with Crippen LogP contribution in [0.5, 0.6) is 0 Å². The van der Waals surface area contributed by atoms with Crippen molar-refractivity contribution in [2.45, 2.75) is 20.4 Å². The van der Waals surface area contributed by atoms with E-state index in [9.17, 15) is 10.1 Å². The molecule has 1 aromatic heterocycles. The molecule has 0 N–H and O–H groups in total. The summed E-state index contributed by atoms with van der Waals surface area (Å²) < 4.78 is 1.67. The van der Waals surface area contributed by atoms with Gasteiger partial charge in [0, 0.05) is 0 Å². The van der Waals surface area contributed by atoms with E-state index in [0.717, 1.165) is 11.3 Å². The molecule has 2 rings (SSSR count). The maximum absolute atomic E-state index is 10.8. The smallest absolute Gasteiger partial charge is 0.358 e. The van der Waals surface area contributed by atoms with Gasteiger partial charge in [-0.2, -0.15) is 14.3 Å². The van der Waals surface area contributed by atoms with Crippen LogP contribution >= 0.6 is 0 Å². The van der Waals surface area contributed by atoms with Crippen molar-refractivity contribution in [1.82, 2.24) is 9.78 Å². The molecular weight excluding hydrogens is 262 g/mol. The zero-order chi connectivity index (χ0) is 15.1. The Bertz CT molecular complexity index is 629. The molecule has 0 aliphatic rings. The maximum atomic E-state index is 10.8. The first-order chi connectivity index (χ1) is 9.51. The Morgan fingerprint density at radius 3 is 2.25 bits per heavy atom. The van der Waals surface area contributed by atoms with E-state index in [1.165, 1.54) is 0 Å². The molecular formula is C13H13N3O4. The van der Waals surface area contributed by atoms with E-state index in [0.29, 0.717) is 12.1 Å². The number of hydrogen-bond acceptors (Lipinski definition) is 5. The summed E-state index contributed by atoms with van der Waals surface area (Å²) in [6.07, 6.45) is 0.250. The van der Waals surface area contributed by atoms with E-state index in [1.54, 1.807) is 11.6 Å². The molecule has 0 saturated carbocycles. The summed E-state index contributed by atoms with van der Waals surface area (Å²) in [5.74, 6) is -0.0570. The maximum Gasteiger partial charge on any atom is 0.393 e. The number of nitrogens with zero attached hydrogens (tertiary/aromatic N) is 3. The number of nitro groups is 1. The molecule has 0 bridgehead atoms. The largest absolute Gasteiger partial charge is 0.393 e. The van der Waals surface area contributed by atoms with Gasteiger partial charge >= 0.3 is 12.0 Å². The Balaban J connectivity index is 0.000000612. The van der Waals surface area contributed by atoms with Gasteiger partial charge in [0.05, 0.1) is 22.9 Å². The van der Waals surface area contributed by atoms with Gasteiger partial charge in [-0.1, -0.05) is 30.3 Å². The fraction of sp³-hybridized carbons (Fsp3) is 0.231. The van der Waals surface area contributed by atoms with Crippen LogP contribution in [0.25, 0.3) is 0 Å². The van der Waals surface area contributed by atoms with Gasteiger partial charge in [-0.3, -0.25) is 0 Å². The van der Waals surface area contributed by atoms with Gasteiger partial charge in [-0.25, -0.2) is 0 Å². The minimum atomic E-state index is -0.441. The van der Waals surface area contributed by atoms with Gasteiger partial charge in [0.1, 0.15) is 0 Å². The molecule has 7 nitrogen and oxygen atoms in total. The summed E-state index contributed by atoms with van der Waals surface area (Å²) in [6, 6.07) is 9.77. The van der Waals surface area contributed by atoms with E-state index < -0.39 is 4.92 Å². The standard InChI is InChI=1S/C12H13N3O2.CO2/c1-9-10(2)14(13-12(9)15(16)17)8-11-6-4-3-5-7-11;2-1-3/h3-7H,8H2,1-2H3;. The number of rotatable bonds is 3. The second-order valence-electron chi connectivity index (χ2n) is 4.02. The fourth-order valence-electron chi connectivity index (χ4n) is 1.70. The van der Waals surface area contributed by atoms with Gasteiger partial charge in [0.25, 0.3) is 0 Å². The van der Waals surface area contributed by atoms with Gasteiger partial charge in [0.15, 0.2) is 0 Å². The lowest BCUT2D eigenvalue weighted by molar-refractivity contribution is -0.390. The molecule has 0 aliphatic carbocycles. The lowest BCUT2D eigenvalue weighted by atomic mass is 10.2. The Labute approximate surface area is 115 Å². The van der Waals surface area contributed by atoms with Crippen molar-refractivity contribution in [3.63, 3.8) is 0 Å². The second-order valence-corrected chi connectivity index (χ2v) is 4.02. The molecule has 0 atom stereocenters. The van der Waals surface area contributed by atoms with Crippen molar-refractivity contribution >= 4 is 12.0 Å². The third-order valence-corrected chi connectivity index (χ3v) is 2.83. The van der Waals surface area contributed by atoms with E-state index in [4.69, 9.17) is 9.59 Å². The SMILES string of the molecule is Cc1c([N+](=O)[O-])nn(Cc2ccccc2)c1C.O=C=O. The summed E-state index contributed by atoms with van der Waals surface area (Å²) in [4.78, 5) is 26.6. The average Bonchev–Trinajstić information content (AvgIpc) is 2.69. The van der Waals surface area contributed by atoms with Crippen LogP contribution in [0.1, 0.15) is 16.8 Å². The van der Waals surface area contributed by atoms with Crippen LogP contribution in [-0.2, 0) is 16.1 Å². The fourth-order valence-corrected chi connectivity index (χ4v) is 1.70. The molecule has 0 saturated heterocycles. The summed E-state index contributed by atoms with van der Waals surface area (Å²) >= 11 is 0. The molecule has 1 heterocycles. The number of benzene rings is 1. The number of aromatic nitrogens is 2. The topological polar surface area (TPSA) is 95.1 Å². The van der Waals surface area contributed by atoms with Gasteiger partial charge in [-0.05, 0) is 24.3 Å². The molecule has 0 radical (unpaired) electrons. The summed E-state index contributed by atoms with van der Waals surface area (Å²) in [7, 11) is 0. The highest BCUT2D eigenvalue weighted by Crippen LogP contribution is 2.20. The average molecular weight is 275 g/mol. The highest BCUT2D eigenvalue weighted by atomic mass is 16.6. The summed E-state index contributed by atoms with van der Waals surface area (Å²) in [5.41, 5.74) is 2.54. The van der Waals surface area contributed by atoms with Gasteiger partial charge in [0.2, 0.25) is 0 Å². The predicted octanol–water partition coefficient (Wildman–Crippen LogP) is 1.87. The van der Waals surface area contributed by atoms with E-state index >= 15 is 0 Å². The molecule has 0 spiro atoms. The molecule has 0 aliphatic heterocycles. The van der Waals surface area contributed by atoms with Crippen LogP contribution in [0.15, 0.2) is 30.3 Å². The Morgan fingerprint density at radius 1 is 1.25 bits per heavy atom. The lowest BCUT2D eigenvalue weighted by Crippen LogP contribution is -2.04. The Kier molecular flexibility index (Phi) is 5.31. The lowest BCUT2D eigenvalue weighted by Gasteiger charge is -1.99. The normalized spacial score (nSPS) is 9.30. The monoisotopic (exact) mass is 275 g/mol. The zero-order valence-corrected chi connectivity index (χ0v) is 11.1. The van der Waals surface area contributed by atoms with Crippen molar-refractivity contribution in [3.8, 4) is 0 Å². The zero-order valence-electron chi connectivity index (χ0n) is 11.1. The molecule has 0 amide bonds. The van der Waals surface area contributed by atoms with Crippen molar-refractivity contribution in [2.75, 3.05) is 0 Å². The minimum Gasteiger partial charge on any atom is -0.358 e. The minimum absolute atomic E-state index is 0.0570. The molecule has 1 aromatic carbocycles. The second kappa shape index (κ2) is 6.96. The summed E-state index contributed by atoms with van der Waals surface area (Å²) in [5, 5.41) is 14.8. The molecule has 7 heteroatoms. The van der Waals surface area contributed by atoms with E-state index in [-0.39, 0.29) is 12.0 Å². The van der Waals surface area contributed by atoms with Crippen LogP contribution < -0.4 is 0 Å². The highest BCUT2D eigenvalue weighted by Gasteiger charge is 2.21. The van der Waals surface area contributed by atoms with Crippen LogP contribution in [-0.4, -0.2) is 20.9 Å². The van der Waals surface area contributed by atoms with Gasteiger partial charge < -0.3 is 10.1 Å². The quantitative estimate of drug-likeness (QED) is 0.629. The molecule has 104 valence electrons. The van der Waals surface area contributed by atoms with Crippen LogP contribution in [0, 0.1) is 24.0 Å². The van der Waals surface area contributed by atoms with Crippen molar-refractivity contribution in [1.29, 1.82) is 0 Å². The van der Waals surface area contributed by atoms with Crippen LogP contribution in [0.2, 0.25) is 0 Å². The third kappa shape index (κ3) is 3.60. The number of carbonyl (C=O) groups excluding carboxylic acids is 2. The predicted molar refractivity (Wildman–Crippen MR) is 68.9 cm³/mol. The highest BCUT2D eigenvalue weighted by molar-refractivity contribution is 5.35. The first kappa shape index (κ1) is 15.3. The van der Waals surface area contributed by atoms with E-state index in [2.05, 4.69) is 5.10 Å². The Morgan fingerprint density at radius 2 is 1.80 bits per heavy atom. The third-order valence-electron chi connectivity index (χ3n) is 2.83. The first-order valence-electron chi connectivity index (χ1n) is 5.72. The van der Waals surface area contributed by atoms with Crippen LogP contribution in [0.4, 0.5) is 5.82 Å². The molecule has 20 heavy (non-hydrogen) atoms. The molecule has 0 fully saturated rings.